The highest BCUT2D eigenvalue weighted by Crippen LogP contribution is 2.03. The molecule has 0 heterocycles. The van der Waals surface area contributed by atoms with Gasteiger partial charge in [0.15, 0.2) is 6.10 Å². The van der Waals surface area contributed by atoms with Gasteiger partial charge in [-0.25, -0.2) is 0 Å². The molecule has 0 aromatic carbocycles. The van der Waals surface area contributed by atoms with Gasteiger partial charge in [0.1, 0.15) is 0 Å². The summed E-state index contributed by atoms with van der Waals surface area (Å²) in [5.74, 6) is -0.736. The molecule has 3 nitrogen and oxygen atoms in total. The van der Waals surface area contributed by atoms with E-state index in [1.807, 2.05) is 0 Å². The fourth-order valence-corrected chi connectivity index (χ4v) is 0.692. The van der Waals surface area contributed by atoms with Crippen LogP contribution < -0.4 is 5.73 Å². The quantitative estimate of drug-likeness (QED) is 0.578. The number of aliphatic hydroxyl groups excluding tert-OH is 1. The van der Waals surface area contributed by atoms with E-state index in [2.05, 4.69) is 6.58 Å². The summed E-state index contributed by atoms with van der Waals surface area (Å²) in [6, 6.07) is 0. The van der Waals surface area contributed by atoms with Crippen molar-refractivity contribution in [2.24, 2.45) is 5.73 Å². The first-order valence-electron chi connectivity index (χ1n) is 3.26. The monoisotopic (exact) mass is 155 g/mol. The first kappa shape index (κ1) is 9.91. The van der Waals surface area contributed by atoms with Crippen molar-refractivity contribution in [1.29, 1.82) is 0 Å². The molecule has 0 bridgehead atoms. The highest BCUT2D eigenvalue weighted by atomic mass is 16.3. The predicted molar refractivity (Wildman–Crippen MR) is 43.8 cm³/mol. The Morgan fingerprint density at radius 3 is 2.36 bits per heavy atom. The Balaban J connectivity index is 4.35. The number of primary amides is 1. The highest BCUT2D eigenvalue weighted by molar-refractivity contribution is 5.81. The summed E-state index contributed by atoms with van der Waals surface area (Å²) in [7, 11) is 0. The van der Waals surface area contributed by atoms with Gasteiger partial charge in [0, 0.05) is 0 Å². The molecular formula is C8H13NO2. The number of hydrogen-bond acceptors (Lipinski definition) is 2. The average Bonchev–Trinajstić information content (AvgIpc) is 1.84. The van der Waals surface area contributed by atoms with E-state index in [9.17, 15) is 4.79 Å². The van der Waals surface area contributed by atoms with E-state index in [1.54, 1.807) is 19.9 Å². The molecule has 0 aromatic rings. The molecule has 0 spiro atoms. The van der Waals surface area contributed by atoms with Crippen LogP contribution in [0.4, 0.5) is 0 Å². The van der Waals surface area contributed by atoms with E-state index in [0.29, 0.717) is 5.57 Å². The Morgan fingerprint density at radius 1 is 1.64 bits per heavy atom. The Labute approximate surface area is 66.2 Å². The average molecular weight is 155 g/mol. The van der Waals surface area contributed by atoms with Gasteiger partial charge in [0.05, 0.1) is 0 Å². The molecule has 3 N–H and O–H groups in total. The number of nitrogens with two attached hydrogens (primary N) is 1. The molecule has 3 heteroatoms. The van der Waals surface area contributed by atoms with Crippen LogP contribution >= 0.6 is 0 Å². The first-order valence-corrected chi connectivity index (χ1v) is 3.26. The van der Waals surface area contributed by atoms with E-state index in [-0.39, 0.29) is 0 Å². The summed E-state index contributed by atoms with van der Waals surface area (Å²) in [5, 5.41) is 9.06. The third kappa shape index (κ3) is 3.57. The van der Waals surface area contributed by atoms with E-state index in [0.717, 1.165) is 5.57 Å². The van der Waals surface area contributed by atoms with E-state index in [1.165, 1.54) is 0 Å². The van der Waals surface area contributed by atoms with Crippen molar-refractivity contribution in [2.75, 3.05) is 0 Å². The van der Waals surface area contributed by atoms with Gasteiger partial charge in [-0.3, -0.25) is 4.79 Å². The maximum absolute atomic E-state index is 10.4. The zero-order chi connectivity index (χ0) is 9.02. The molecule has 0 rings (SSSR count). The summed E-state index contributed by atoms with van der Waals surface area (Å²) in [4.78, 5) is 10.4. The van der Waals surface area contributed by atoms with Gasteiger partial charge in [-0.2, -0.15) is 0 Å². The normalized spacial score (nSPS) is 14.3. The van der Waals surface area contributed by atoms with Gasteiger partial charge in [0.25, 0.3) is 5.91 Å². The lowest BCUT2D eigenvalue weighted by molar-refractivity contribution is -0.124. The van der Waals surface area contributed by atoms with Crippen LogP contribution in [0.15, 0.2) is 23.8 Å². The number of carbonyl (C=O) groups excluding carboxylic acids is 1. The second kappa shape index (κ2) is 3.93. The number of hydrogen-bond donors (Lipinski definition) is 2. The zero-order valence-electron chi connectivity index (χ0n) is 6.79. The van der Waals surface area contributed by atoms with Crippen molar-refractivity contribution in [2.45, 2.75) is 20.0 Å². The number of rotatable bonds is 3. The lowest BCUT2D eigenvalue weighted by atomic mass is 10.1. The fourth-order valence-electron chi connectivity index (χ4n) is 0.692. The third-order valence-corrected chi connectivity index (χ3v) is 1.17. The Hall–Kier alpha value is -1.09. The number of amides is 1. The molecule has 0 saturated heterocycles. The minimum Gasteiger partial charge on any atom is -0.379 e. The van der Waals surface area contributed by atoms with E-state index >= 15 is 0 Å². The Kier molecular flexibility index (Phi) is 3.54. The fraction of sp³-hybridized carbons (Fsp3) is 0.375. The SMILES string of the molecule is C=C(C)/C=C(\C)C(O)C(N)=O. The molecule has 1 atom stereocenters. The van der Waals surface area contributed by atoms with Crippen molar-refractivity contribution in [3.63, 3.8) is 0 Å². The Bertz CT molecular complexity index is 206. The Morgan fingerprint density at radius 2 is 2.09 bits per heavy atom. The molecule has 0 aliphatic rings. The van der Waals surface area contributed by atoms with Gasteiger partial charge in [-0.05, 0) is 19.4 Å². The second-order valence-electron chi connectivity index (χ2n) is 2.54. The molecular weight excluding hydrogens is 142 g/mol. The molecule has 0 fully saturated rings. The number of aliphatic hydroxyl groups is 1. The van der Waals surface area contributed by atoms with Gasteiger partial charge in [-0.15, -0.1) is 0 Å². The van der Waals surface area contributed by atoms with Gasteiger partial charge >= 0.3 is 0 Å². The number of allylic oxidation sites excluding steroid dienone is 2. The predicted octanol–water partition coefficient (Wildman–Crippen LogP) is 0.355. The van der Waals surface area contributed by atoms with Crippen LogP contribution in [0.5, 0.6) is 0 Å². The smallest absolute Gasteiger partial charge is 0.250 e. The summed E-state index contributed by atoms with van der Waals surface area (Å²) in [5.41, 5.74) is 6.15. The highest BCUT2D eigenvalue weighted by Gasteiger charge is 2.11. The van der Waals surface area contributed by atoms with Crippen molar-refractivity contribution in [3.8, 4) is 0 Å². The molecule has 0 saturated carbocycles. The summed E-state index contributed by atoms with van der Waals surface area (Å²) < 4.78 is 0. The maximum atomic E-state index is 10.4. The summed E-state index contributed by atoms with van der Waals surface area (Å²) >= 11 is 0. The molecule has 0 aliphatic carbocycles. The van der Waals surface area contributed by atoms with Crippen LogP contribution in [0.1, 0.15) is 13.8 Å². The topological polar surface area (TPSA) is 63.3 Å². The molecule has 62 valence electrons. The van der Waals surface area contributed by atoms with Gasteiger partial charge in [-0.1, -0.05) is 18.2 Å². The summed E-state index contributed by atoms with van der Waals surface area (Å²) in [6.45, 7) is 7.00. The van der Waals surface area contributed by atoms with Gasteiger partial charge in [0.2, 0.25) is 0 Å². The second-order valence-corrected chi connectivity index (χ2v) is 2.54. The minimum atomic E-state index is -1.19. The van der Waals surface area contributed by atoms with Gasteiger partial charge < -0.3 is 10.8 Å². The number of carbonyl (C=O) groups is 1. The largest absolute Gasteiger partial charge is 0.379 e. The summed E-state index contributed by atoms with van der Waals surface area (Å²) in [6.07, 6.45) is 0.432. The van der Waals surface area contributed by atoms with E-state index < -0.39 is 12.0 Å². The van der Waals surface area contributed by atoms with E-state index in [4.69, 9.17) is 10.8 Å². The first-order chi connectivity index (χ1) is 4.95. The van der Waals surface area contributed by atoms with Crippen molar-refractivity contribution < 1.29 is 9.90 Å². The van der Waals surface area contributed by atoms with Crippen LogP contribution in [-0.2, 0) is 4.79 Å². The lowest BCUT2D eigenvalue weighted by Gasteiger charge is -2.05. The molecule has 1 amide bonds. The van der Waals surface area contributed by atoms with Crippen molar-refractivity contribution in [3.05, 3.63) is 23.8 Å². The van der Waals surface area contributed by atoms with Crippen LogP contribution in [-0.4, -0.2) is 17.1 Å². The molecule has 1 unspecified atom stereocenters. The van der Waals surface area contributed by atoms with Crippen LogP contribution in [0.3, 0.4) is 0 Å². The molecule has 0 aromatic heterocycles. The standard InChI is InChI=1S/C8H13NO2/c1-5(2)4-6(3)7(10)8(9)11/h4,7,10H,1H2,2-3H3,(H2,9,11)/b6-4+. The van der Waals surface area contributed by atoms with Crippen LogP contribution in [0.2, 0.25) is 0 Å². The lowest BCUT2D eigenvalue weighted by Crippen LogP contribution is -2.29. The van der Waals surface area contributed by atoms with Crippen LogP contribution in [0.25, 0.3) is 0 Å². The van der Waals surface area contributed by atoms with Crippen molar-refractivity contribution >= 4 is 5.91 Å². The molecule has 0 aliphatic heterocycles. The van der Waals surface area contributed by atoms with Crippen molar-refractivity contribution in [1.82, 2.24) is 0 Å². The maximum Gasteiger partial charge on any atom is 0.250 e. The minimum absolute atomic E-state index is 0.519. The third-order valence-electron chi connectivity index (χ3n) is 1.17. The molecule has 0 radical (unpaired) electrons. The molecule has 11 heavy (non-hydrogen) atoms. The van der Waals surface area contributed by atoms with Crippen LogP contribution in [0, 0.1) is 0 Å². The zero-order valence-corrected chi connectivity index (χ0v) is 6.79.